The zero-order valence-electron chi connectivity index (χ0n) is 22.5. The number of hydrogen-bond donors (Lipinski definition) is 2. The molecule has 8 heteroatoms. The van der Waals surface area contributed by atoms with Gasteiger partial charge in [-0.1, -0.05) is 56.3 Å². The Hall–Kier alpha value is -4.04. The summed E-state index contributed by atoms with van der Waals surface area (Å²) in [6.45, 7) is 4.70. The minimum Gasteiger partial charge on any atom is -0.325 e. The first-order valence-electron chi connectivity index (χ1n) is 13.5. The van der Waals surface area contributed by atoms with Crippen LogP contribution in [0.1, 0.15) is 42.1 Å². The van der Waals surface area contributed by atoms with Crippen LogP contribution < -0.4 is 10.6 Å². The zero-order chi connectivity index (χ0) is 27.3. The zero-order valence-corrected chi connectivity index (χ0v) is 22.5. The summed E-state index contributed by atoms with van der Waals surface area (Å²) in [6, 6.07) is 19.1. The van der Waals surface area contributed by atoms with Crippen molar-refractivity contribution in [2.75, 3.05) is 30.8 Å². The molecule has 8 nitrogen and oxygen atoms in total. The highest BCUT2D eigenvalue weighted by atomic mass is 16.2. The van der Waals surface area contributed by atoms with Gasteiger partial charge >= 0.3 is 0 Å². The van der Waals surface area contributed by atoms with Crippen molar-refractivity contribution in [2.24, 2.45) is 5.92 Å². The molecule has 200 valence electrons. The van der Waals surface area contributed by atoms with Crippen LogP contribution in [0.2, 0.25) is 0 Å². The summed E-state index contributed by atoms with van der Waals surface area (Å²) in [5.74, 6) is 0.462. The number of piperazine rings is 1. The first-order chi connectivity index (χ1) is 18.8. The second-order valence-corrected chi connectivity index (χ2v) is 11.3. The van der Waals surface area contributed by atoms with E-state index in [1.165, 1.54) is 0 Å². The van der Waals surface area contributed by atoms with E-state index in [-0.39, 0.29) is 42.3 Å². The van der Waals surface area contributed by atoms with E-state index in [9.17, 15) is 14.4 Å². The molecule has 2 aromatic carbocycles. The highest BCUT2D eigenvalue weighted by molar-refractivity contribution is 6.06. The molecule has 3 aromatic rings. The number of amides is 3. The molecule has 0 saturated carbocycles. The molecule has 39 heavy (non-hydrogen) atoms. The molecule has 3 aliphatic rings. The van der Waals surface area contributed by atoms with E-state index < -0.39 is 5.41 Å². The predicted octanol–water partition coefficient (Wildman–Crippen LogP) is 3.55. The number of nitrogens with one attached hydrogen (secondary N) is 2. The number of pyridine rings is 1. The van der Waals surface area contributed by atoms with Gasteiger partial charge in [0.2, 0.25) is 17.7 Å². The van der Waals surface area contributed by atoms with Crippen LogP contribution in [0.15, 0.2) is 66.9 Å². The van der Waals surface area contributed by atoms with Crippen molar-refractivity contribution in [3.05, 3.63) is 89.1 Å². The van der Waals surface area contributed by atoms with Gasteiger partial charge in [-0.2, -0.15) is 0 Å². The maximum atomic E-state index is 13.6. The molecule has 2 aliphatic heterocycles. The summed E-state index contributed by atoms with van der Waals surface area (Å²) in [7, 11) is 1.98. The summed E-state index contributed by atoms with van der Waals surface area (Å²) < 4.78 is 0. The maximum absolute atomic E-state index is 13.6. The molecular weight excluding hydrogens is 490 g/mol. The van der Waals surface area contributed by atoms with Crippen LogP contribution in [0.4, 0.5) is 11.5 Å². The molecule has 1 aliphatic carbocycles. The molecule has 0 radical (unpaired) electrons. The third kappa shape index (κ3) is 4.29. The van der Waals surface area contributed by atoms with Gasteiger partial charge in [0.1, 0.15) is 12.4 Å². The number of fused-ring (bicyclic) bond motifs is 3. The highest BCUT2D eigenvalue weighted by Crippen LogP contribution is 2.47. The molecule has 3 atom stereocenters. The van der Waals surface area contributed by atoms with E-state index in [2.05, 4.69) is 20.5 Å². The first-order valence-corrected chi connectivity index (χ1v) is 13.5. The quantitative estimate of drug-likeness (QED) is 0.534. The van der Waals surface area contributed by atoms with Crippen LogP contribution in [0.25, 0.3) is 0 Å². The fourth-order valence-corrected chi connectivity index (χ4v) is 6.64. The minimum absolute atomic E-state index is 0.0294. The minimum atomic E-state index is -0.657. The Kier molecular flexibility index (Phi) is 6.22. The van der Waals surface area contributed by atoms with Gasteiger partial charge in [-0.05, 0) is 60.7 Å². The van der Waals surface area contributed by atoms with E-state index >= 15 is 0 Å². The van der Waals surface area contributed by atoms with Crippen molar-refractivity contribution in [3.63, 3.8) is 0 Å². The van der Waals surface area contributed by atoms with Gasteiger partial charge < -0.3 is 15.5 Å². The molecule has 1 spiro atoms. The van der Waals surface area contributed by atoms with E-state index in [0.717, 1.165) is 22.3 Å². The van der Waals surface area contributed by atoms with Crippen molar-refractivity contribution in [1.29, 1.82) is 0 Å². The number of likely N-dealkylation sites (N-methyl/N-ethyl adjacent to an activating group) is 1. The Morgan fingerprint density at radius 2 is 1.85 bits per heavy atom. The van der Waals surface area contributed by atoms with Crippen molar-refractivity contribution in [1.82, 2.24) is 14.8 Å². The fraction of sp³-hybridized carbons (Fsp3) is 0.355. The van der Waals surface area contributed by atoms with E-state index in [0.29, 0.717) is 30.9 Å². The standard InChI is InChI=1S/C31H33N5O3/c1-19(2)27-29(38)36(25(17-35(27)3)20-8-5-4-6-9-20)18-26(37)33-23-12-11-21-15-31(16-22(21)14-23)24-10-7-13-32-28(24)34-30(31)39/h4-14,19,25,27H,15-18H2,1-3H3,(H,33,37)(H,32,34,39). The molecule has 3 unspecified atom stereocenters. The molecular formula is C31H33N5O3. The fourth-order valence-electron chi connectivity index (χ4n) is 6.64. The number of hydrogen-bond acceptors (Lipinski definition) is 5. The van der Waals surface area contributed by atoms with Crippen LogP contribution in [-0.2, 0) is 32.6 Å². The first kappa shape index (κ1) is 25.2. The maximum Gasteiger partial charge on any atom is 0.244 e. The van der Waals surface area contributed by atoms with Crippen LogP contribution in [0.3, 0.4) is 0 Å². The summed E-state index contributed by atoms with van der Waals surface area (Å²) in [4.78, 5) is 48.2. The molecule has 6 rings (SSSR count). The van der Waals surface area contributed by atoms with Gasteiger partial charge in [-0.3, -0.25) is 19.3 Å². The van der Waals surface area contributed by atoms with Crippen LogP contribution in [0, 0.1) is 5.92 Å². The summed E-state index contributed by atoms with van der Waals surface area (Å²) in [6.07, 6.45) is 2.84. The van der Waals surface area contributed by atoms with Crippen LogP contribution in [-0.4, -0.2) is 58.7 Å². The average molecular weight is 524 g/mol. The third-order valence-electron chi connectivity index (χ3n) is 8.44. The van der Waals surface area contributed by atoms with Gasteiger partial charge in [0.25, 0.3) is 0 Å². The third-order valence-corrected chi connectivity index (χ3v) is 8.44. The number of nitrogens with zero attached hydrogens (tertiary/aromatic N) is 3. The number of benzene rings is 2. The van der Waals surface area contributed by atoms with Gasteiger partial charge in [-0.25, -0.2) is 4.98 Å². The van der Waals surface area contributed by atoms with E-state index in [1.807, 2.05) is 81.6 Å². The average Bonchev–Trinajstić information content (AvgIpc) is 3.43. The lowest BCUT2D eigenvalue weighted by Gasteiger charge is -2.45. The summed E-state index contributed by atoms with van der Waals surface area (Å²) in [5, 5.41) is 5.95. The molecule has 1 aromatic heterocycles. The predicted molar refractivity (Wildman–Crippen MR) is 149 cm³/mol. The second-order valence-electron chi connectivity index (χ2n) is 11.3. The SMILES string of the molecule is CC(C)C1C(=O)N(CC(=O)Nc2ccc3c(c2)CC2(C3)C(=O)Nc3ncccc32)C(c2ccccc2)CN1C. The Morgan fingerprint density at radius 1 is 1.08 bits per heavy atom. The lowest BCUT2D eigenvalue weighted by atomic mass is 9.79. The Balaban J connectivity index is 1.21. The number of anilines is 2. The Morgan fingerprint density at radius 3 is 2.62 bits per heavy atom. The van der Waals surface area contributed by atoms with Gasteiger partial charge in [-0.15, -0.1) is 0 Å². The lowest BCUT2D eigenvalue weighted by Crippen LogP contribution is -2.59. The smallest absolute Gasteiger partial charge is 0.244 e. The van der Waals surface area contributed by atoms with Crippen LogP contribution >= 0.6 is 0 Å². The van der Waals surface area contributed by atoms with E-state index in [1.54, 1.807) is 11.1 Å². The Labute approximate surface area is 228 Å². The highest BCUT2D eigenvalue weighted by Gasteiger charge is 2.51. The van der Waals surface area contributed by atoms with Gasteiger partial charge in [0.15, 0.2) is 0 Å². The second kappa shape index (κ2) is 9.61. The van der Waals surface area contributed by atoms with Crippen molar-refractivity contribution in [2.45, 2.75) is 44.2 Å². The number of carbonyl (C=O) groups excluding carboxylic acids is 3. The van der Waals surface area contributed by atoms with E-state index in [4.69, 9.17) is 0 Å². The molecule has 1 fully saturated rings. The van der Waals surface area contributed by atoms with Crippen molar-refractivity contribution < 1.29 is 14.4 Å². The normalized spacial score (nSPS) is 24.2. The summed E-state index contributed by atoms with van der Waals surface area (Å²) >= 11 is 0. The van der Waals surface area contributed by atoms with Crippen molar-refractivity contribution >= 4 is 29.2 Å². The topological polar surface area (TPSA) is 94.6 Å². The van der Waals surface area contributed by atoms with Crippen molar-refractivity contribution in [3.8, 4) is 0 Å². The molecule has 1 saturated heterocycles. The number of aromatic nitrogens is 1. The van der Waals surface area contributed by atoms with Crippen LogP contribution in [0.5, 0.6) is 0 Å². The molecule has 2 N–H and O–H groups in total. The molecule has 3 heterocycles. The molecule has 0 bridgehead atoms. The van der Waals surface area contributed by atoms with Gasteiger partial charge in [0.05, 0.1) is 17.5 Å². The summed E-state index contributed by atoms with van der Waals surface area (Å²) in [5.41, 5.74) is 4.08. The number of carbonyl (C=O) groups is 3. The lowest BCUT2D eigenvalue weighted by molar-refractivity contribution is -0.149. The molecule has 3 amide bonds. The van der Waals surface area contributed by atoms with Gasteiger partial charge in [0, 0.05) is 24.0 Å². The largest absolute Gasteiger partial charge is 0.325 e. The monoisotopic (exact) mass is 523 g/mol. The number of rotatable bonds is 5. The Bertz CT molecular complexity index is 1460.